The molecule has 2 aromatic heterocycles. The molecule has 33 heavy (non-hydrogen) atoms. The molecule has 0 atom stereocenters. The van der Waals surface area contributed by atoms with Crippen molar-refractivity contribution in [3.8, 4) is 17.5 Å². The van der Waals surface area contributed by atoms with Gasteiger partial charge in [-0.2, -0.15) is 5.26 Å². The summed E-state index contributed by atoms with van der Waals surface area (Å²) in [6, 6.07) is 20.6. The van der Waals surface area contributed by atoms with Crippen LogP contribution in [-0.2, 0) is 11.3 Å². The topological polar surface area (TPSA) is 96.7 Å². The molecule has 0 aliphatic carbocycles. The van der Waals surface area contributed by atoms with Crippen molar-refractivity contribution >= 4 is 46.7 Å². The average molecular weight is 496 g/mol. The maximum Gasteiger partial charge on any atom is 0.234 e. The maximum absolute atomic E-state index is 12.7. The number of furan rings is 1. The molecule has 2 aromatic carbocycles. The van der Waals surface area contributed by atoms with Crippen LogP contribution in [0.15, 0.2) is 81.4 Å². The number of thioether (sulfide) groups is 2. The van der Waals surface area contributed by atoms with Crippen molar-refractivity contribution in [2.45, 2.75) is 16.6 Å². The molecule has 0 radical (unpaired) electrons. The zero-order chi connectivity index (χ0) is 23.0. The fourth-order valence-electron chi connectivity index (χ4n) is 3.03. The highest BCUT2D eigenvalue weighted by Gasteiger charge is 2.17. The quantitative estimate of drug-likeness (QED) is 0.302. The van der Waals surface area contributed by atoms with Crippen LogP contribution in [0.5, 0.6) is 0 Å². The van der Waals surface area contributed by atoms with Gasteiger partial charge in [0.05, 0.1) is 36.1 Å². The molecule has 4 rings (SSSR count). The number of nitriles is 1. The minimum absolute atomic E-state index is 0.147. The number of carbonyl (C=O) groups is 1. The molecule has 0 saturated heterocycles. The maximum atomic E-state index is 12.7. The number of benzene rings is 2. The number of hydrogen-bond donors (Lipinski definition) is 1. The van der Waals surface area contributed by atoms with E-state index in [1.165, 1.54) is 23.5 Å². The molecule has 1 amide bonds. The van der Waals surface area contributed by atoms with Gasteiger partial charge in [0, 0.05) is 15.5 Å². The Bertz CT molecular complexity index is 1270. The molecule has 0 unspecified atom stereocenters. The third kappa shape index (κ3) is 5.99. The first-order valence-electron chi connectivity index (χ1n) is 9.87. The predicted molar refractivity (Wildman–Crippen MR) is 130 cm³/mol. The second-order valence-corrected chi connectivity index (χ2v) is 9.15. The van der Waals surface area contributed by atoms with E-state index < -0.39 is 0 Å². The van der Waals surface area contributed by atoms with E-state index in [1.807, 2.05) is 53.1 Å². The lowest BCUT2D eigenvalue weighted by Crippen LogP contribution is -2.15. The number of anilines is 1. The number of rotatable bonds is 9. The Hall–Kier alpha value is -3.19. The van der Waals surface area contributed by atoms with Crippen molar-refractivity contribution in [3.63, 3.8) is 0 Å². The Morgan fingerprint density at radius 1 is 1.09 bits per heavy atom. The zero-order valence-corrected chi connectivity index (χ0v) is 19.7. The summed E-state index contributed by atoms with van der Waals surface area (Å²) < 4.78 is 7.42. The third-order valence-electron chi connectivity index (χ3n) is 4.50. The van der Waals surface area contributed by atoms with E-state index in [9.17, 15) is 4.79 Å². The number of carbonyl (C=O) groups excluding carboxylic acids is 1. The minimum Gasteiger partial charge on any atom is -0.467 e. The van der Waals surface area contributed by atoms with Crippen LogP contribution < -0.4 is 5.32 Å². The Labute approximate surface area is 204 Å². The summed E-state index contributed by atoms with van der Waals surface area (Å²) in [7, 11) is 0. The smallest absolute Gasteiger partial charge is 0.234 e. The SMILES string of the molecule is N#CCSc1ccccc1NC(=O)CSc1nnc(-c2ccc(Cl)cc2)n1Cc1ccco1. The van der Waals surface area contributed by atoms with Gasteiger partial charge in [0.25, 0.3) is 0 Å². The summed E-state index contributed by atoms with van der Waals surface area (Å²) in [5, 5.41) is 21.6. The standard InChI is InChI=1S/C23H18ClN5O2S2/c24-17-9-7-16(8-10-17)22-27-28-23(29(22)14-18-4-3-12-31-18)33-15-21(30)26-19-5-1-2-6-20(19)32-13-11-25/h1-10,12H,13-15H2,(H,26,30). The Morgan fingerprint density at radius 2 is 1.91 bits per heavy atom. The second kappa shape index (κ2) is 11.1. The second-order valence-electron chi connectivity index (χ2n) is 6.76. The van der Waals surface area contributed by atoms with Gasteiger partial charge in [0.15, 0.2) is 11.0 Å². The minimum atomic E-state index is -0.175. The van der Waals surface area contributed by atoms with Crippen molar-refractivity contribution in [1.82, 2.24) is 14.8 Å². The fourth-order valence-corrected chi connectivity index (χ4v) is 4.56. The summed E-state index contributed by atoms with van der Waals surface area (Å²) >= 11 is 8.70. The highest BCUT2D eigenvalue weighted by molar-refractivity contribution is 8.00. The van der Waals surface area contributed by atoms with Gasteiger partial charge in [-0.15, -0.1) is 22.0 Å². The zero-order valence-electron chi connectivity index (χ0n) is 17.3. The molecular weight excluding hydrogens is 478 g/mol. The van der Waals surface area contributed by atoms with Gasteiger partial charge in [-0.3, -0.25) is 9.36 Å². The number of halogens is 1. The molecule has 10 heteroatoms. The lowest BCUT2D eigenvalue weighted by Gasteiger charge is -2.11. The lowest BCUT2D eigenvalue weighted by molar-refractivity contribution is -0.113. The number of para-hydroxylation sites is 1. The number of nitrogens with one attached hydrogen (secondary N) is 1. The number of amides is 1. The first-order valence-corrected chi connectivity index (χ1v) is 12.2. The average Bonchev–Trinajstić information content (AvgIpc) is 3.48. The summed E-state index contributed by atoms with van der Waals surface area (Å²) in [5.41, 5.74) is 1.54. The highest BCUT2D eigenvalue weighted by Crippen LogP contribution is 2.28. The molecule has 0 bridgehead atoms. The lowest BCUT2D eigenvalue weighted by atomic mass is 10.2. The highest BCUT2D eigenvalue weighted by atomic mass is 35.5. The summed E-state index contributed by atoms with van der Waals surface area (Å²) in [5.74, 6) is 1.69. The largest absolute Gasteiger partial charge is 0.467 e. The van der Waals surface area contributed by atoms with Crippen LogP contribution in [0.2, 0.25) is 5.02 Å². The molecule has 0 aliphatic rings. The van der Waals surface area contributed by atoms with Gasteiger partial charge in [0.2, 0.25) is 5.91 Å². The van der Waals surface area contributed by atoms with Gasteiger partial charge in [-0.05, 0) is 48.5 Å². The van der Waals surface area contributed by atoms with Crippen LogP contribution >= 0.6 is 35.1 Å². The molecule has 4 aromatic rings. The van der Waals surface area contributed by atoms with Gasteiger partial charge in [0.1, 0.15) is 5.76 Å². The van der Waals surface area contributed by atoms with E-state index in [0.29, 0.717) is 34.0 Å². The van der Waals surface area contributed by atoms with Crippen LogP contribution in [0, 0.1) is 11.3 Å². The molecule has 0 spiro atoms. The normalized spacial score (nSPS) is 10.7. The number of hydrogen-bond acceptors (Lipinski definition) is 7. The first kappa shape index (κ1) is 23.0. The van der Waals surface area contributed by atoms with Crippen molar-refractivity contribution in [2.24, 2.45) is 0 Å². The molecule has 2 heterocycles. The summed E-state index contributed by atoms with van der Waals surface area (Å²) in [4.78, 5) is 13.5. The van der Waals surface area contributed by atoms with Gasteiger partial charge in [-0.25, -0.2) is 0 Å². The van der Waals surface area contributed by atoms with Gasteiger partial charge in [-0.1, -0.05) is 35.5 Å². The van der Waals surface area contributed by atoms with Crippen molar-refractivity contribution < 1.29 is 9.21 Å². The summed E-state index contributed by atoms with van der Waals surface area (Å²) in [6.07, 6.45) is 1.61. The monoisotopic (exact) mass is 495 g/mol. The van der Waals surface area contributed by atoms with Gasteiger partial charge < -0.3 is 9.73 Å². The third-order valence-corrected chi connectivity index (χ3v) is 6.66. The van der Waals surface area contributed by atoms with Crippen LogP contribution in [0.25, 0.3) is 11.4 Å². The predicted octanol–water partition coefficient (Wildman–Crippen LogP) is 5.59. The molecular formula is C23H18ClN5O2S2. The molecule has 0 fully saturated rings. The summed E-state index contributed by atoms with van der Waals surface area (Å²) in [6.45, 7) is 0.426. The number of aromatic nitrogens is 3. The Balaban J connectivity index is 1.50. The van der Waals surface area contributed by atoms with Crippen molar-refractivity contribution in [2.75, 3.05) is 16.8 Å². The molecule has 1 N–H and O–H groups in total. The molecule has 0 aliphatic heterocycles. The van der Waals surface area contributed by atoms with E-state index in [4.69, 9.17) is 21.3 Å². The van der Waals surface area contributed by atoms with E-state index in [0.717, 1.165) is 16.2 Å². The van der Waals surface area contributed by atoms with Crippen LogP contribution in [-0.4, -0.2) is 32.2 Å². The molecule has 7 nitrogen and oxygen atoms in total. The van der Waals surface area contributed by atoms with E-state index in [-0.39, 0.29) is 11.7 Å². The molecule has 0 saturated carbocycles. The van der Waals surface area contributed by atoms with E-state index in [2.05, 4.69) is 21.6 Å². The van der Waals surface area contributed by atoms with E-state index in [1.54, 1.807) is 18.4 Å². The van der Waals surface area contributed by atoms with Crippen LogP contribution in [0.1, 0.15) is 5.76 Å². The Morgan fingerprint density at radius 3 is 2.67 bits per heavy atom. The van der Waals surface area contributed by atoms with Crippen molar-refractivity contribution in [1.29, 1.82) is 5.26 Å². The van der Waals surface area contributed by atoms with Gasteiger partial charge >= 0.3 is 0 Å². The molecule has 166 valence electrons. The van der Waals surface area contributed by atoms with Crippen molar-refractivity contribution in [3.05, 3.63) is 77.7 Å². The van der Waals surface area contributed by atoms with Crippen LogP contribution in [0.4, 0.5) is 5.69 Å². The Kier molecular flexibility index (Phi) is 7.73. The number of nitrogens with zero attached hydrogens (tertiary/aromatic N) is 4. The fraction of sp³-hybridized carbons (Fsp3) is 0.130. The van der Waals surface area contributed by atoms with E-state index >= 15 is 0 Å². The first-order chi connectivity index (χ1) is 16.1. The van der Waals surface area contributed by atoms with Crippen LogP contribution in [0.3, 0.4) is 0 Å².